The summed E-state index contributed by atoms with van der Waals surface area (Å²) in [6.07, 6.45) is 6.73. The standard InChI is InChI=1S/C10H19N/c1-4-9(2)7-5-6-8-10(3)11/h4H,3,5-8,11H2,1-2H3/b9-4-. The molecule has 0 heterocycles. The van der Waals surface area contributed by atoms with Crippen molar-refractivity contribution in [1.29, 1.82) is 0 Å². The van der Waals surface area contributed by atoms with Gasteiger partial charge in [0.1, 0.15) is 0 Å². The molecule has 0 fully saturated rings. The first kappa shape index (κ1) is 10.3. The Kier molecular flexibility index (Phi) is 5.63. The first-order valence-electron chi connectivity index (χ1n) is 4.22. The van der Waals surface area contributed by atoms with Crippen LogP contribution in [0.5, 0.6) is 0 Å². The Hall–Kier alpha value is -0.720. The third-order valence-corrected chi connectivity index (χ3v) is 1.81. The van der Waals surface area contributed by atoms with Crippen molar-refractivity contribution in [2.75, 3.05) is 0 Å². The average Bonchev–Trinajstić information content (AvgIpc) is 1.97. The molecular formula is C10H19N. The Morgan fingerprint density at radius 1 is 1.36 bits per heavy atom. The van der Waals surface area contributed by atoms with Crippen LogP contribution < -0.4 is 5.73 Å². The van der Waals surface area contributed by atoms with Gasteiger partial charge < -0.3 is 5.73 Å². The van der Waals surface area contributed by atoms with Crippen LogP contribution in [-0.4, -0.2) is 0 Å². The maximum atomic E-state index is 5.43. The zero-order chi connectivity index (χ0) is 8.69. The summed E-state index contributed by atoms with van der Waals surface area (Å²) in [6, 6.07) is 0. The van der Waals surface area contributed by atoms with E-state index in [1.807, 2.05) is 0 Å². The molecule has 0 aliphatic carbocycles. The zero-order valence-electron chi connectivity index (χ0n) is 7.69. The van der Waals surface area contributed by atoms with Gasteiger partial charge in [-0.25, -0.2) is 0 Å². The highest BCUT2D eigenvalue weighted by atomic mass is 14.5. The molecule has 64 valence electrons. The van der Waals surface area contributed by atoms with E-state index in [1.165, 1.54) is 24.8 Å². The lowest BCUT2D eigenvalue weighted by molar-refractivity contribution is 0.722. The van der Waals surface area contributed by atoms with Crippen LogP contribution in [0.25, 0.3) is 0 Å². The molecule has 11 heavy (non-hydrogen) atoms. The van der Waals surface area contributed by atoms with E-state index in [0.29, 0.717) is 0 Å². The molecule has 0 atom stereocenters. The Morgan fingerprint density at radius 2 is 1.91 bits per heavy atom. The van der Waals surface area contributed by atoms with Crippen molar-refractivity contribution >= 4 is 0 Å². The molecule has 0 amide bonds. The van der Waals surface area contributed by atoms with Crippen molar-refractivity contribution in [1.82, 2.24) is 0 Å². The fourth-order valence-corrected chi connectivity index (χ4v) is 0.900. The van der Waals surface area contributed by atoms with Gasteiger partial charge in [-0.05, 0) is 39.5 Å². The van der Waals surface area contributed by atoms with Gasteiger partial charge in [-0.1, -0.05) is 18.2 Å². The Labute approximate surface area is 70.0 Å². The van der Waals surface area contributed by atoms with Gasteiger partial charge in [-0.15, -0.1) is 0 Å². The molecule has 0 radical (unpaired) electrons. The van der Waals surface area contributed by atoms with Crippen molar-refractivity contribution in [2.24, 2.45) is 5.73 Å². The average molecular weight is 153 g/mol. The van der Waals surface area contributed by atoms with Crippen LogP contribution in [0.1, 0.15) is 39.5 Å². The molecule has 0 aromatic carbocycles. The normalized spacial score (nSPS) is 11.6. The maximum Gasteiger partial charge on any atom is 0.000744 e. The monoisotopic (exact) mass is 153 g/mol. The predicted molar refractivity (Wildman–Crippen MR) is 51.2 cm³/mol. The third kappa shape index (κ3) is 7.17. The van der Waals surface area contributed by atoms with Gasteiger partial charge in [-0.3, -0.25) is 0 Å². The van der Waals surface area contributed by atoms with Crippen LogP contribution in [-0.2, 0) is 0 Å². The van der Waals surface area contributed by atoms with Gasteiger partial charge in [0.15, 0.2) is 0 Å². The highest BCUT2D eigenvalue weighted by molar-refractivity contribution is 4.95. The number of hydrogen-bond donors (Lipinski definition) is 1. The number of nitrogens with two attached hydrogens (primary N) is 1. The Morgan fingerprint density at radius 3 is 2.36 bits per heavy atom. The van der Waals surface area contributed by atoms with Crippen molar-refractivity contribution < 1.29 is 0 Å². The summed E-state index contributed by atoms with van der Waals surface area (Å²) in [5.74, 6) is 0. The molecule has 0 aromatic rings. The van der Waals surface area contributed by atoms with Crippen LogP contribution >= 0.6 is 0 Å². The molecule has 1 nitrogen and oxygen atoms in total. The Balaban J connectivity index is 3.21. The molecule has 0 spiro atoms. The van der Waals surface area contributed by atoms with E-state index in [9.17, 15) is 0 Å². The summed E-state index contributed by atoms with van der Waals surface area (Å²) in [5.41, 5.74) is 7.71. The second-order valence-electron chi connectivity index (χ2n) is 3.00. The van der Waals surface area contributed by atoms with E-state index < -0.39 is 0 Å². The molecule has 0 saturated heterocycles. The lowest BCUT2D eigenvalue weighted by Crippen LogP contribution is -1.93. The minimum Gasteiger partial charge on any atom is -0.403 e. The van der Waals surface area contributed by atoms with Crippen LogP contribution in [0.4, 0.5) is 0 Å². The van der Waals surface area contributed by atoms with Crippen LogP contribution in [0.3, 0.4) is 0 Å². The summed E-state index contributed by atoms with van der Waals surface area (Å²) in [5, 5.41) is 0. The molecule has 1 heteroatoms. The molecule has 0 aliphatic heterocycles. The second kappa shape index (κ2) is 6.02. The van der Waals surface area contributed by atoms with Gasteiger partial charge in [0.05, 0.1) is 0 Å². The molecule has 0 bridgehead atoms. The summed E-state index contributed by atoms with van der Waals surface area (Å²) < 4.78 is 0. The first-order valence-corrected chi connectivity index (χ1v) is 4.22. The molecular weight excluding hydrogens is 134 g/mol. The summed E-state index contributed by atoms with van der Waals surface area (Å²) in [7, 11) is 0. The van der Waals surface area contributed by atoms with Crippen LogP contribution in [0.2, 0.25) is 0 Å². The Bertz CT molecular complexity index is 145. The predicted octanol–water partition coefficient (Wildman–Crippen LogP) is 2.99. The van der Waals surface area contributed by atoms with Crippen molar-refractivity contribution in [3.63, 3.8) is 0 Å². The molecule has 2 N–H and O–H groups in total. The van der Waals surface area contributed by atoms with Gasteiger partial charge in [0.2, 0.25) is 0 Å². The van der Waals surface area contributed by atoms with Gasteiger partial charge >= 0.3 is 0 Å². The van der Waals surface area contributed by atoms with Crippen molar-refractivity contribution in [2.45, 2.75) is 39.5 Å². The maximum absolute atomic E-state index is 5.43. The van der Waals surface area contributed by atoms with E-state index in [2.05, 4.69) is 26.5 Å². The number of rotatable bonds is 5. The number of allylic oxidation sites excluding steroid dienone is 3. The van der Waals surface area contributed by atoms with E-state index >= 15 is 0 Å². The van der Waals surface area contributed by atoms with E-state index in [0.717, 1.165) is 12.1 Å². The minimum atomic E-state index is 0.808. The lowest BCUT2D eigenvalue weighted by Gasteiger charge is -2.00. The third-order valence-electron chi connectivity index (χ3n) is 1.81. The molecule has 0 saturated carbocycles. The molecule has 0 unspecified atom stereocenters. The topological polar surface area (TPSA) is 26.0 Å². The SMILES string of the molecule is C=C(N)CCCC/C(C)=C\C. The summed E-state index contributed by atoms with van der Waals surface area (Å²) in [4.78, 5) is 0. The summed E-state index contributed by atoms with van der Waals surface area (Å²) >= 11 is 0. The first-order chi connectivity index (χ1) is 5.16. The number of hydrogen-bond acceptors (Lipinski definition) is 1. The summed E-state index contributed by atoms with van der Waals surface area (Å²) in [6.45, 7) is 7.90. The van der Waals surface area contributed by atoms with E-state index in [-0.39, 0.29) is 0 Å². The van der Waals surface area contributed by atoms with Crippen molar-refractivity contribution in [3.8, 4) is 0 Å². The highest BCUT2D eigenvalue weighted by Gasteiger charge is 1.90. The fourth-order valence-electron chi connectivity index (χ4n) is 0.900. The number of unbranched alkanes of at least 4 members (excludes halogenated alkanes) is 1. The minimum absolute atomic E-state index is 0.808. The largest absolute Gasteiger partial charge is 0.403 e. The zero-order valence-corrected chi connectivity index (χ0v) is 7.69. The van der Waals surface area contributed by atoms with Gasteiger partial charge in [0, 0.05) is 5.70 Å². The second-order valence-corrected chi connectivity index (χ2v) is 3.00. The molecule has 0 rings (SSSR count). The fraction of sp³-hybridized carbons (Fsp3) is 0.600. The highest BCUT2D eigenvalue weighted by Crippen LogP contribution is 2.08. The molecule has 0 aromatic heterocycles. The van der Waals surface area contributed by atoms with Crippen molar-refractivity contribution in [3.05, 3.63) is 23.9 Å². The van der Waals surface area contributed by atoms with Gasteiger partial charge in [-0.2, -0.15) is 0 Å². The van der Waals surface area contributed by atoms with E-state index in [4.69, 9.17) is 5.73 Å². The quantitative estimate of drug-likeness (QED) is 0.477. The molecule has 0 aliphatic rings. The van der Waals surface area contributed by atoms with Crippen LogP contribution in [0, 0.1) is 0 Å². The van der Waals surface area contributed by atoms with Gasteiger partial charge in [0.25, 0.3) is 0 Å². The smallest absolute Gasteiger partial charge is 0.000744 e. The van der Waals surface area contributed by atoms with E-state index in [1.54, 1.807) is 0 Å². The van der Waals surface area contributed by atoms with Crippen LogP contribution in [0.15, 0.2) is 23.9 Å². The lowest BCUT2D eigenvalue weighted by atomic mass is 10.1.